The van der Waals surface area contributed by atoms with Crippen molar-refractivity contribution in [2.75, 3.05) is 18.8 Å². The summed E-state index contributed by atoms with van der Waals surface area (Å²) in [4.78, 5) is 28.1. The van der Waals surface area contributed by atoms with Gasteiger partial charge in [0, 0.05) is 34.4 Å². The number of nitrogens with two attached hydrogens (primary N) is 3. The van der Waals surface area contributed by atoms with Gasteiger partial charge in [-0.2, -0.15) is 5.10 Å². The summed E-state index contributed by atoms with van der Waals surface area (Å²) in [5.74, 6) is 4.79. The SMILES string of the molecule is C=C(NC1CCC1)C(=O)N(CC(=O)NCC1=CC(C)C=C(/C(N)=N\N)C=C1)/C(=C(\C)Cl)c1cccc(N)c1. The van der Waals surface area contributed by atoms with Crippen molar-refractivity contribution in [2.24, 2.45) is 22.6 Å². The fraction of sp³-hybridized carbons (Fsp3) is 0.321. The molecule has 1 aromatic rings. The summed E-state index contributed by atoms with van der Waals surface area (Å²) in [5.41, 5.74) is 15.2. The van der Waals surface area contributed by atoms with Crippen LogP contribution in [-0.2, 0) is 9.59 Å². The van der Waals surface area contributed by atoms with Gasteiger partial charge in [-0.15, -0.1) is 0 Å². The molecule has 3 rings (SSSR count). The van der Waals surface area contributed by atoms with Crippen LogP contribution in [0.5, 0.6) is 0 Å². The second-order valence-electron chi connectivity index (χ2n) is 9.50. The van der Waals surface area contributed by atoms with E-state index in [2.05, 4.69) is 22.3 Å². The molecule has 2 aliphatic rings. The number of halogens is 1. The average molecular weight is 538 g/mol. The number of allylic oxidation sites excluding steroid dienone is 3. The molecule has 1 unspecified atom stereocenters. The second kappa shape index (κ2) is 13.0. The third-order valence-corrected chi connectivity index (χ3v) is 6.54. The smallest absolute Gasteiger partial charge is 0.274 e. The summed E-state index contributed by atoms with van der Waals surface area (Å²) < 4.78 is 0. The molecule has 0 radical (unpaired) electrons. The molecule has 0 aromatic heterocycles. The van der Waals surface area contributed by atoms with Crippen molar-refractivity contribution in [2.45, 2.75) is 39.2 Å². The number of hydrogen-bond acceptors (Lipinski definition) is 6. The molecule has 9 nitrogen and oxygen atoms in total. The lowest BCUT2D eigenvalue weighted by Gasteiger charge is -2.31. The van der Waals surface area contributed by atoms with Gasteiger partial charge in [-0.05, 0) is 49.8 Å². The van der Waals surface area contributed by atoms with Crippen LogP contribution in [0.4, 0.5) is 5.69 Å². The standard InChI is InChI=1S/C28H36ClN7O2/c1-17-12-20(10-11-22(13-17)27(31)35-32)15-33-25(37)16-36(28(38)19(3)34-24-8-5-9-24)26(18(2)29)21-6-4-7-23(30)14-21/h4,6-7,10-14,17,24,34H,3,5,8-9,15-16,30,32H2,1-2H3,(H2,31,35)(H,33,37)/b26-18+. The Morgan fingerprint density at radius 2 is 1.97 bits per heavy atom. The molecule has 0 aliphatic heterocycles. The fourth-order valence-electron chi connectivity index (χ4n) is 4.24. The van der Waals surface area contributed by atoms with Crippen LogP contribution in [0.3, 0.4) is 0 Å². The molecule has 38 heavy (non-hydrogen) atoms. The van der Waals surface area contributed by atoms with Crippen molar-refractivity contribution in [3.05, 3.63) is 82.6 Å². The monoisotopic (exact) mass is 537 g/mol. The van der Waals surface area contributed by atoms with Gasteiger partial charge < -0.3 is 27.9 Å². The fourth-order valence-corrected chi connectivity index (χ4v) is 4.45. The van der Waals surface area contributed by atoms with Crippen LogP contribution in [0.1, 0.15) is 38.7 Å². The first-order chi connectivity index (χ1) is 18.1. The van der Waals surface area contributed by atoms with Gasteiger partial charge in [0.05, 0.1) is 11.4 Å². The van der Waals surface area contributed by atoms with Gasteiger partial charge in [0.2, 0.25) is 5.91 Å². The van der Waals surface area contributed by atoms with Crippen molar-refractivity contribution in [1.29, 1.82) is 0 Å². The highest BCUT2D eigenvalue weighted by Crippen LogP contribution is 2.28. The van der Waals surface area contributed by atoms with E-state index in [1.54, 1.807) is 37.3 Å². The molecule has 1 fully saturated rings. The molecular weight excluding hydrogens is 502 g/mol. The Labute approximate surface area is 228 Å². The van der Waals surface area contributed by atoms with E-state index in [0.29, 0.717) is 27.6 Å². The highest BCUT2D eigenvalue weighted by molar-refractivity contribution is 6.32. The van der Waals surface area contributed by atoms with E-state index < -0.39 is 5.91 Å². The molecule has 1 saturated carbocycles. The summed E-state index contributed by atoms with van der Waals surface area (Å²) in [6.45, 7) is 7.60. The van der Waals surface area contributed by atoms with Crippen molar-refractivity contribution < 1.29 is 9.59 Å². The third kappa shape index (κ3) is 7.52. The largest absolute Gasteiger partial charge is 0.399 e. The Bertz CT molecular complexity index is 1240. The van der Waals surface area contributed by atoms with E-state index in [-0.39, 0.29) is 42.5 Å². The van der Waals surface area contributed by atoms with Gasteiger partial charge in [0.25, 0.3) is 5.91 Å². The number of anilines is 1. The topological polar surface area (TPSA) is 152 Å². The Morgan fingerprint density at radius 3 is 2.58 bits per heavy atom. The molecule has 202 valence electrons. The van der Waals surface area contributed by atoms with E-state index >= 15 is 0 Å². The number of nitrogens with zero attached hydrogens (tertiary/aromatic N) is 2. The number of rotatable bonds is 10. The number of amidine groups is 1. The number of amides is 2. The number of hydrazone groups is 1. The molecule has 0 heterocycles. The zero-order valence-electron chi connectivity index (χ0n) is 21.8. The van der Waals surface area contributed by atoms with E-state index in [1.807, 2.05) is 25.2 Å². The van der Waals surface area contributed by atoms with Crippen molar-refractivity contribution in [1.82, 2.24) is 15.5 Å². The first-order valence-corrected chi connectivity index (χ1v) is 12.9. The molecule has 10 heteroatoms. The third-order valence-electron chi connectivity index (χ3n) is 6.37. The predicted octanol–water partition coefficient (Wildman–Crippen LogP) is 3.09. The van der Waals surface area contributed by atoms with E-state index in [9.17, 15) is 9.59 Å². The van der Waals surface area contributed by atoms with Crippen LogP contribution in [0.15, 0.2) is 82.1 Å². The lowest BCUT2D eigenvalue weighted by molar-refractivity contribution is -0.130. The first-order valence-electron chi connectivity index (χ1n) is 12.5. The van der Waals surface area contributed by atoms with E-state index in [4.69, 9.17) is 28.9 Å². The Morgan fingerprint density at radius 1 is 1.24 bits per heavy atom. The minimum atomic E-state index is -0.433. The maximum atomic E-state index is 13.6. The molecule has 1 atom stereocenters. The number of carbonyl (C=O) groups is 2. The quantitative estimate of drug-likeness (QED) is 0.0772. The number of benzene rings is 1. The summed E-state index contributed by atoms with van der Waals surface area (Å²) in [7, 11) is 0. The molecule has 8 N–H and O–H groups in total. The number of hydrogen-bond donors (Lipinski definition) is 5. The van der Waals surface area contributed by atoms with Crippen molar-refractivity contribution in [3.8, 4) is 0 Å². The average Bonchev–Trinajstić information content (AvgIpc) is 3.04. The number of nitrogens with one attached hydrogen (secondary N) is 2. The molecule has 0 saturated heterocycles. The number of carbonyl (C=O) groups excluding carboxylic acids is 2. The highest BCUT2D eigenvalue weighted by Gasteiger charge is 2.28. The van der Waals surface area contributed by atoms with Gasteiger partial charge in [-0.3, -0.25) is 14.5 Å². The highest BCUT2D eigenvalue weighted by atomic mass is 35.5. The van der Waals surface area contributed by atoms with Gasteiger partial charge in [0.1, 0.15) is 12.4 Å². The Kier molecular flexibility index (Phi) is 9.78. The zero-order valence-corrected chi connectivity index (χ0v) is 22.6. The second-order valence-corrected chi connectivity index (χ2v) is 10.1. The Balaban J connectivity index is 1.79. The van der Waals surface area contributed by atoms with E-state index in [0.717, 1.165) is 24.8 Å². The van der Waals surface area contributed by atoms with Crippen LogP contribution in [0, 0.1) is 5.92 Å². The van der Waals surface area contributed by atoms with Gasteiger partial charge in [-0.25, -0.2) is 0 Å². The minimum Gasteiger partial charge on any atom is -0.399 e. The van der Waals surface area contributed by atoms with Crippen LogP contribution in [0.2, 0.25) is 0 Å². The molecule has 0 bridgehead atoms. The maximum absolute atomic E-state index is 13.6. The summed E-state index contributed by atoms with van der Waals surface area (Å²) in [6.07, 6.45) is 10.6. The van der Waals surface area contributed by atoms with Crippen molar-refractivity contribution >= 4 is 40.6 Å². The normalized spacial score (nSPS) is 18.3. The molecule has 0 spiro atoms. The van der Waals surface area contributed by atoms with Gasteiger partial charge in [0.15, 0.2) is 0 Å². The zero-order chi connectivity index (χ0) is 27.8. The predicted molar refractivity (Wildman–Crippen MR) is 154 cm³/mol. The summed E-state index contributed by atoms with van der Waals surface area (Å²) in [6, 6.07) is 7.21. The minimum absolute atomic E-state index is 0.0446. The van der Waals surface area contributed by atoms with Crippen LogP contribution in [-0.4, -0.2) is 41.7 Å². The molecule has 2 amide bonds. The Hall–Kier alpha value is -3.98. The van der Waals surface area contributed by atoms with Crippen LogP contribution < -0.4 is 27.9 Å². The number of nitrogen functional groups attached to an aromatic ring is 1. The molecule has 1 aromatic carbocycles. The van der Waals surface area contributed by atoms with Crippen molar-refractivity contribution in [3.63, 3.8) is 0 Å². The maximum Gasteiger partial charge on any atom is 0.274 e. The van der Waals surface area contributed by atoms with Gasteiger partial charge in [-0.1, -0.05) is 61.5 Å². The molecule has 2 aliphatic carbocycles. The van der Waals surface area contributed by atoms with Crippen LogP contribution in [0.25, 0.3) is 5.70 Å². The van der Waals surface area contributed by atoms with Crippen LogP contribution >= 0.6 is 11.6 Å². The summed E-state index contributed by atoms with van der Waals surface area (Å²) >= 11 is 6.50. The lowest BCUT2D eigenvalue weighted by atomic mass is 9.93. The van der Waals surface area contributed by atoms with E-state index in [1.165, 1.54) is 4.90 Å². The van der Waals surface area contributed by atoms with Gasteiger partial charge >= 0.3 is 0 Å². The lowest BCUT2D eigenvalue weighted by Crippen LogP contribution is -2.45. The first kappa shape index (κ1) is 28.6. The summed E-state index contributed by atoms with van der Waals surface area (Å²) in [5, 5.41) is 9.97. The molecular formula is C28H36ClN7O2.